The van der Waals surface area contributed by atoms with Crippen molar-refractivity contribution in [3.63, 3.8) is 0 Å². The van der Waals surface area contributed by atoms with E-state index in [4.69, 9.17) is 4.74 Å². The average Bonchev–Trinajstić information content (AvgIpc) is 3.48. The summed E-state index contributed by atoms with van der Waals surface area (Å²) in [6.45, 7) is 1.97. The largest absolute Gasteiger partial charge is 0.497 e. The van der Waals surface area contributed by atoms with Gasteiger partial charge in [-0.1, -0.05) is 25.0 Å². The first-order chi connectivity index (χ1) is 12.2. The lowest BCUT2D eigenvalue weighted by atomic mass is 10.0. The maximum Gasteiger partial charge on any atom is 0.237 e. The van der Waals surface area contributed by atoms with E-state index in [1.54, 1.807) is 7.11 Å². The second-order valence-corrected chi connectivity index (χ2v) is 7.15. The molecule has 1 saturated carbocycles. The number of amides is 1. The Morgan fingerprint density at radius 2 is 1.96 bits per heavy atom. The molecule has 1 amide bonds. The van der Waals surface area contributed by atoms with Crippen LogP contribution in [-0.4, -0.2) is 60.2 Å². The van der Waals surface area contributed by atoms with Crippen LogP contribution in [0, 0.1) is 0 Å². The molecule has 0 spiro atoms. The van der Waals surface area contributed by atoms with Crippen molar-refractivity contribution >= 4 is 5.91 Å². The minimum Gasteiger partial charge on any atom is -0.497 e. The molecular formula is C20H30N2O3. The number of ether oxygens (including phenoxy) is 1. The van der Waals surface area contributed by atoms with Crippen molar-refractivity contribution in [3.05, 3.63) is 29.8 Å². The van der Waals surface area contributed by atoms with Crippen molar-refractivity contribution < 1.29 is 14.6 Å². The molecular weight excluding hydrogens is 316 g/mol. The van der Waals surface area contributed by atoms with Gasteiger partial charge in [-0.2, -0.15) is 0 Å². The Morgan fingerprint density at radius 1 is 1.20 bits per heavy atom. The van der Waals surface area contributed by atoms with Gasteiger partial charge in [0.05, 0.1) is 26.3 Å². The molecule has 0 bridgehead atoms. The maximum absolute atomic E-state index is 13.1. The van der Waals surface area contributed by atoms with Crippen LogP contribution in [0.2, 0.25) is 0 Å². The van der Waals surface area contributed by atoms with Gasteiger partial charge in [-0.15, -0.1) is 0 Å². The van der Waals surface area contributed by atoms with Gasteiger partial charge in [-0.3, -0.25) is 9.69 Å². The minimum absolute atomic E-state index is 0.117. The molecule has 1 atom stereocenters. The lowest BCUT2D eigenvalue weighted by Gasteiger charge is -2.33. The van der Waals surface area contributed by atoms with Crippen molar-refractivity contribution in [1.29, 1.82) is 0 Å². The van der Waals surface area contributed by atoms with E-state index >= 15 is 0 Å². The van der Waals surface area contributed by atoms with Crippen molar-refractivity contribution in [2.45, 2.75) is 50.6 Å². The number of likely N-dealkylation sites (tertiary alicyclic amines) is 1. The van der Waals surface area contributed by atoms with Gasteiger partial charge in [0.15, 0.2) is 0 Å². The first kappa shape index (κ1) is 18.2. The lowest BCUT2D eigenvalue weighted by Crippen LogP contribution is -2.43. The Bertz CT molecular complexity index is 557. The predicted octanol–water partition coefficient (Wildman–Crippen LogP) is 2.60. The van der Waals surface area contributed by atoms with Crippen molar-refractivity contribution in [3.8, 4) is 5.75 Å². The van der Waals surface area contributed by atoms with Gasteiger partial charge in [-0.25, -0.2) is 0 Å². The average molecular weight is 346 g/mol. The summed E-state index contributed by atoms with van der Waals surface area (Å²) in [5.74, 6) is 1.04. The monoisotopic (exact) mass is 346 g/mol. The number of carbonyl (C=O) groups excluding carboxylic acids is 1. The van der Waals surface area contributed by atoms with Gasteiger partial charge in [0.25, 0.3) is 0 Å². The van der Waals surface area contributed by atoms with Gasteiger partial charge in [-0.05, 0) is 43.4 Å². The van der Waals surface area contributed by atoms with Crippen LogP contribution in [0.15, 0.2) is 24.3 Å². The van der Waals surface area contributed by atoms with Crippen LogP contribution in [0.1, 0.15) is 50.1 Å². The zero-order valence-electron chi connectivity index (χ0n) is 15.2. The van der Waals surface area contributed by atoms with Crippen LogP contribution in [-0.2, 0) is 4.79 Å². The van der Waals surface area contributed by atoms with E-state index in [9.17, 15) is 9.90 Å². The number of aliphatic hydroxyl groups excluding tert-OH is 1. The fraction of sp³-hybridized carbons (Fsp3) is 0.650. The van der Waals surface area contributed by atoms with Gasteiger partial charge in [0.1, 0.15) is 5.75 Å². The fourth-order valence-electron chi connectivity index (χ4n) is 3.80. The number of nitrogens with zero attached hydrogens (tertiary/aromatic N) is 2. The first-order valence-electron chi connectivity index (χ1n) is 9.51. The number of methoxy groups -OCH3 is 1. The van der Waals surface area contributed by atoms with Crippen LogP contribution in [0.5, 0.6) is 5.75 Å². The van der Waals surface area contributed by atoms with Crippen LogP contribution in [0.3, 0.4) is 0 Å². The zero-order chi connectivity index (χ0) is 17.6. The van der Waals surface area contributed by atoms with Gasteiger partial charge in [0.2, 0.25) is 5.91 Å². The zero-order valence-corrected chi connectivity index (χ0v) is 15.2. The third-order valence-electron chi connectivity index (χ3n) is 5.36. The highest BCUT2D eigenvalue weighted by atomic mass is 16.5. The van der Waals surface area contributed by atoms with Gasteiger partial charge in [0, 0.05) is 19.1 Å². The molecule has 5 nitrogen and oxygen atoms in total. The number of rotatable bonds is 7. The molecule has 1 heterocycles. The SMILES string of the molecule is COc1ccc(C2CCCCCN2C(=O)CN(CCO)C2CC2)cc1. The third-order valence-corrected chi connectivity index (χ3v) is 5.36. The predicted molar refractivity (Wildman–Crippen MR) is 97.6 cm³/mol. The van der Waals surface area contributed by atoms with E-state index in [0.717, 1.165) is 44.4 Å². The fourth-order valence-corrected chi connectivity index (χ4v) is 3.80. The van der Waals surface area contributed by atoms with E-state index in [2.05, 4.69) is 21.9 Å². The van der Waals surface area contributed by atoms with Gasteiger partial charge >= 0.3 is 0 Å². The molecule has 1 aliphatic heterocycles. The van der Waals surface area contributed by atoms with Crippen LogP contribution < -0.4 is 4.74 Å². The summed E-state index contributed by atoms with van der Waals surface area (Å²) >= 11 is 0. The molecule has 1 saturated heterocycles. The molecule has 0 aromatic heterocycles. The standard InChI is InChI=1S/C20H30N2O3/c1-25-18-10-6-16(7-11-18)19-5-3-2-4-12-22(19)20(24)15-21(13-14-23)17-8-9-17/h6-7,10-11,17,19,23H,2-5,8-9,12-15H2,1H3. The number of hydrogen-bond acceptors (Lipinski definition) is 4. The maximum atomic E-state index is 13.1. The summed E-state index contributed by atoms with van der Waals surface area (Å²) in [5.41, 5.74) is 1.19. The minimum atomic E-state index is 0.117. The van der Waals surface area contributed by atoms with Crippen LogP contribution in [0.25, 0.3) is 0 Å². The number of carbonyl (C=O) groups is 1. The second kappa shape index (κ2) is 8.68. The van der Waals surface area contributed by atoms with E-state index in [1.165, 1.54) is 12.0 Å². The molecule has 1 aromatic carbocycles. The molecule has 3 rings (SSSR count). The molecule has 1 aromatic rings. The normalized spacial score (nSPS) is 21.2. The summed E-state index contributed by atoms with van der Waals surface area (Å²) in [4.78, 5) is 17.3. The molecule has 1 aliphatic carbocycles. The Hall–Kier alpha value is -1.59. The molecule has 5 heteroatoms. The topological polar surface area (TPSA) is 53.0 Å². The quantitative estimate of drug-likeness (QED) is 0.824. The summed E-state index contributed by atoms with van der Waals surface area (Å²) in [7, 11) is 1.67. The van der Waals surface area contributed by atoms with E-state index in [-0.39, 0.29) is 18.6 Å². The number of hydrogen-bond donors (Lipinski definition) is 1. The highest BCUT2D eigenvalue weighted by Gasteiger charge is 2.33. The van der Waals surface area contributed by atoms with E-state index in [0.29, 0.717) is 19.1 Å². The summed E-state index contributed by atoms with van der Waals surface area (Å²) in [6, 6.07) is 8.76. The highest BCUT2D eigenvalue weighted by molar-refractivity contribution is 5.79. The summed E-state index contributed by atoms with van der Waals surface area (Å²) in [6.07, 6.45) is 6.72. The Kier molecular flexibility index (Phi) is 6.32. The number of benzene rings is 1. The molecule has 1 N–H and O–H groups in total. The smallest absolute Gasteiger partial charge is 0.237 e. The highest BCUT2D eigenvalue weighted by Crippen LogP contribution is 2.32. The van der Waals surface area contributed by atoms with E-state index in [1.807, 2.05) is 12.1 Å². The Morgan fingerprint density at radius 3 is 2.60 bits per heavy atom. The molecule has 2 aliphatic rings. The Labute approximate surface area is 150 Å². The van der Waals surface area contributed by atoms with Crippen molar-refractivity contribution in [1.82, 2.24) is 9.80 Å². The molecule has 138 valence electrons. The summed E-state index contributed by atoms with van der Waals surface area (Å²) < 4.78 is 5.26. The Balaban J connectivity index is 1.73. The molecule has 2 fully saturated rings. The van der Waals surface area contributed by atoms with E-state index < -0.39 is 0 Å². The van der Waals surface area contributed by atoms with Gasteiger partial charge < -0.3 is 14.7 Å². The van der Waals surface area contributed by atoms with Crippen molar-refractivity contribution in [2.24, 2.45) is 0 Å². The van der Waals surface area contributed by atoms with Crippen molar-refractivity contribution in [2.75, 3.05) is 33.4 Å². The second-order valence-electron chi connectivity index (χ2n) is 7.15. The van der Waals surface area contributed by atoms with Crippen LogP contribution >= 0.6 is 0 Å². The molecule has 1 unspecified atom stereocenters. The molecule has 25 heavy (non-hydrogen) atoms. The summed E-state index contributed by atoms with van der Waals surface area (Å²) in [5, 5.41) is 9.28. The van der Waals surface area contributed by atoms with Crippen LogP contribution in [0.4, 0.5) is 0 Å². The molecule has 0 radical (unpaired) electrons. The first-order valence-corrected chi connectivity index (χ1v) is 9.51. The third kappa shape index (κ3) is 4.73. The lowest BCUT2D eigenvalue weighted by molar-refractivity contribution is -0.135. The number of aliphatic hydroxyl groups is 1.